The molecule has 90 valence electrons. The first-order valence-corrected chi connectivity index (χ1v) is 6.69. The van der Waals surface area contributed by atoms with Crippen molar-refractivity contribution in [1.82, 2.24) is 9.55 Å². The van der Waals surface area contributed by atoms with Crippen molar-refractivity contribution >= 4 is 27.5 Å². The minimum absolute atomic E-state index is 0.247. The lowest BCUT2D eigenvalue weighted by molar-refractivity contribution is 0.798. The normalized spacial score (nSPS) is 13.3. The van der Waals surface area contributed by atoms with E-state index in [1.165, 1.54) is 11.8 Å². The van der Waals surface area contributed by atoms with Crippen molar-refractivity contribution in [1.29, 1.82) is 0 Å². The van der Waals surface area contributed by atoms with Crippen LogP contribution in [0.1, 0.15) is 11.1 Å². The molecule has 2 aromatic rings. The summed E-state index contributed by atoms with van der Waals surface area (Å²) >= 11 is 3.41. The minimum Gasteiger partial charge on any atom is -0.270 e. The number of aromatic nitrogens is 2. The lowest BCUT2D eigenvalue weighted by Gasteiger charge is -2.02. The number of benzene rings is 1. The molecule has 0 radical (unpaired) electrons. The van der Waals surface area contributed by atoms with E-state index in [4.69, 9.17) is 0 Å². The summed E-state index contributed by atoms with van der Waals surface area (Å²) in [6, 6.07) is 9.91. The molecular weight excluding hydrogens is 294 g/mol. The van der Waals surface area contributed by atoms with Gasteiger partial charge in [-0.3, -0.25) is 4.57 Å². The second-order valence-electron chi connectivity index (χ2n) is 4.06. The number of alkyl halides is 1. The molecule has 0 N–H and O–H groups in total. The third kappa shape index (κ3) is 1.90. The molecule has 4 nitrogen and oxygen atoms in total. The number of halogens is 1. The van der Waals surface area contributed by atoms with Crippen molar-refractivity contribution in [2.24, 2.45) is 4.99 Å². The standard InChI is InChI=1S/C13H10BrN3O/c14-7-9-1-3-10(4-2-9)11-8-17-12(16-11)5-6-15-13(17)18/h1-6H,7-8H2. The fourth-order valence-corrected chi connectivity index (χ4v) is 2.31. The molecule has 0 saturated heterocycles. The van der Waals surface area contributed by atoms with Gasteiger partial charge >= 0.3 is 5.69 Å². The molecule has 1 aromatic carbocycles. The summed E-state index contributed by atoms with van der Waals surface area (Å²) in [6.45, 7) is 0.496. The van der Waals surface area contributed by atoms with Crippen molar-refractivity contribution in [3.05, 3.63) is 58.1 Å². The second-order valence-corrected chi connectivity index (χ2v) is 4.62. The summed E-state index contributed by atoms with van der Waals surface area (Å²) in [6.07, 6.45) is 1.49. The van der Waals surface area contributed by atoms with Crippen LogP contribution in [0.25, 0.3) is 0 Å². The van der Waals surface area contributed by atoms with Crippen molar-refractivity contribution in [2.75, 3.05) is 0 Å². The fraction of sp³-hybridized carbons (Fsp3) is 0.154. The summed E-state index contributed by atoms with van der Waals surface area (Å²) in [5.41, 5.74) is 2.92. The van der Waals surface area contributed by atoms with Crippen LogP contribution in [0, 0.1) is 0 Å². The first-order chi connectivity index (χ1) is 8.78. The van der Waals surface area contributed by atoms with E-state index in [0.29, 0.717) is 12.4 Å². The first kappa shape index (κ1) is 11.3. The molecule has 5 heteroatoms. The molecule has 1 aliphatic rings. The number of nitrogens with zero attached hydrogens (tertiary/aromatic N) is 3. The Balaban J connectivity index is 1.97. The van der Waals surface area contributed by atoms with Gasteiger partial charge in [0.05, 0.1) is 12.3 Å². The summed E-state index contributed by atoms with van der Waals surface area (Å²) in [7, 11) is 0. The molecule has 0 saturated carbocycles. The quantitative estimate of drug-likeness (QED) is 0.799. The van der Waals surface area contributed by atoms with Crippen LogP contribution in [0.2, 0.25) is 0 Å². The summed E-state index contributed by atoms with van der Waals surface area (Å²) < 4.78 is 1.58. The van der Waals surface area contributed by atoms with Crippen LogP contribution < -0.4 is 5.69 Å². The van der Waals surface area contributed by atoms with Gasteiger partial charge in [0.1, 0.15) is 5.82 Å². The van der Waals surface area contributed by atoms with Gasteiger partial charge in [-0.15, -0.1) is 0 Å². The van der Waals surface area contributed by atoms with Crippen LogP contribution >= 0.6 is 15.9 Å². The van der Waals surface area contributed by atoms with Gasteiger partial charge in [0, 0.05) is 11.5 Å². The molecular formula is C13H10BrN3O. The molecule has 18 heavy (non-hydrogen) atoms. The van der Waals surface area contributed by atoms with Gasteiger partial charge in [-0.05, 0) is 17.2 Å². The van der Waals surface area contributed by atoms with Crippen LogP contribution in [0.5, 0.6) is 0 Å². The van der Waals surface area contributed by atoms with Crippen molar-refractivity contribution < 1.29 is 0 Å². The minimum atomic E-state index is -0.247. The maximum atomic E-state index is 11.6. The topological polar surface area (TPSA) is 47.2 Å². The molecule has 1 aliphatic heterocycles. The van der Waals surface area contributed by atoms with E-state index in [-0.39, 0.29) is 5.69 Å². The largest absolute Gasteiger partial charge is 0.349 e. The van der Waals surface area contributed by atoms with Crippen LogP contribution in [-0.4, -0.2) is 15.3 Å². The van der Waals surface area contributed by atoms with Gasteiger partial charge < -0.3 is 0 Å². The molecule has 2 heterocycles. The van der Waals surface area contributed by atoms with Gasteiger partial charge in [0.25, 0.3) is 0 Å². The Hall–Kier alpha value is -1.75. The monoisotopic (exact) mass is 303 g/mol. The van der Waals surface area contributed by atoms with Crippen molar-refractivity contribution in [3.63, 3.8) is 0 Å². The van der Waals surface area contributed by atoms with Gasteiger partial charge in [0.2, 0.25) is 0 Å². The van der Waals surface area contributed by atoms with E-state index in [2.05, 4.69) is 38.0 Å². The van der Waals surface area contributed by atoms with E-state index >= 15 is 0 Å². The Kier molecular flexibility index (Phi) is 2.83. The zero-order valence-corrected chi connectivity index (χ0v) is 11.1. The number of hydrogen-bond donors (Lipinski definition) is 0. The number of rotatable bonds is 2. The molecule has 0 amide bonds. The van der Waals surface area contributed by atoms with E-state index < -0.39 is 0 Å². The first-order valence-electron chi connectivity index (χ1n) is 5.56. The Labute approximate surface area is 112 Å². The second kappa shape index (κ2) is 4.49. The average molecular weight is 304 g/mol. The van der Waals surface area contributed by atoms with Gasteiger partial charge in [-0.25, -0.2) is 14.8 Å². The van der Waals surface area contributed by atoms with E-state index in [1.54, 1.807) is 10.6 Å². The Morgan fingerprint density at radius 1 is 1.22 bits per heavy atom. The van der Waals surface area contributed by atoms with Gasteiger partial charge in [-0.2, -0.15) is 0 Å². The fourth-order valence-electron chi connectivity index (χ4n) is 1.94. The highest BCUT2D eigenvalue weighted by Gasteiger charge is 2.16. The van der Waals surface area contributed by atoms with Crippen LogP contribution in [-0.2, 0) is 11.9 Å². The average Bonchev–Trinajstić information content (AvgIpc) is 2.84. The number of aliphatic imine (C=N–C) groups is 1. The van der Waals surface area contributed by atoms with Crippen LogP contribution in [0.4, 0.5) is 5.82 Å². The smallest absolute Gasteiger partial charge is 0.270 e. The zero-order chi connectivity index (χ0) is 12.5. The Morgan fingerprint density at radius 2 is 2.00 bits per heavy atom. The summed E-state index contributed by atoms with van der Waals surface area (Å²) in [4.78, 5) is 19.8. The molecule has 0 unspecified atom stereocenters. The van der Waals surface area contributed by atoms with Crippen molar-refractivity contribution in [3.8, 4) is 0 Å². The van der Waals surface area contributed by atoms with Crippen LogP contribution in [0.3, 0.4) is 0 Å². The van der Waals surface area contributed by atoms with E-state index in [9.17, 15) is 4.79 Å². The third-order valence-corrected chi connectivity index (χ3v) is 3.56. The molecule has 1 aromatic heterocycles. The Bertz CT molecular complexity index is 673. The molecule has 3 rings (SSSR count). The molecule has 0 atom stereocenters. The SMILES string of the molecule is O=c1nccc2n1CC(c1ccc(CBr)cc1)=N2. The molecule has 0 spiro atoms. The van der Waals surface area contributed by atoms with Gasteiger partial charge in [-0.1, -0.05) is 40.2 Å². The maximum Gasteiger partial charge on any atom is 0.349 e. The zero-order valence-electron chi connectivity index (χ0n) is 9.51. The highest BCUT2D eigenvalue weighted by atomic mass is 79.9. The predicted octanol–water partition coefficient (Wildman–Crippen LogP) is 2.27. The summed E-state index contributed by atoms with van der Waals surface area (Å²) in [5.74, 6) is 0.676. The Morgan fingerprint density at radius 3 is 2.67 bits per heavy atom. The molecule has 0 bridgehead atoms. The lowest BCUT2D eigenvalue weighted by atomic mass is 10.1. The molecule has 0 aliphatic carbocycles. The van der Waals surface area contributed by atoms with Crippen molar-refractivity contribution in [2.45, 2.75) is 11.9 Å². The van der Waals surface area contributed by atoms with E-state index in [0.717, 1.165) is 16.6 Å². The highest BCUT2D eigenvalue weighted by Crippen LogP contribution is 2.20. The van der Waals surface area contributed by atoms with Gasteiger partial charge in [0.15, 0.2) is 0 Å². The predicted molar refractivity (Wildman–Crippen MR) is 73.8 cm³/mol. The highest BCUT2D eigenvalue weighted by molar-refractivity contribution is 9.08. The van der Waals surface area contributed by atoms with E-state index in [1.807, 2.05) is 12.1 Å². The lowest BCUT2D eigenvalue weighted by Crippen LogP contribution is -2.22. The van der Waals surface area contributed by atoms with Crippen LogP contribution in [0.15, 0.2) is 46.3 Å². The summed E-state index contributed by atoms with van der Waals surface area (Å²) in [5, 5.41) is 0.837. The number of fused-ring (bicyclic) bond motifs is 1. The third-order valence-electron chi connectivity index (χ3n) is 2.91. The number of hydrogen-bond acceptors (Lipinski definition) is 3. The maximum absolute atomic E-state index is 11.6. The molecule has 0 fully saturated rings.